The molecular formula is C21H22N2O3. The van der Waals surface area contributed by atoms with Crippen molar-refractivity contribution in [3.63, 3.8) is 0 Å². The van der Waals surface area contributed by atoms with Gasteiger partial charge in [-0.15, -0.1) is 0 Å². The Labute approximate surface area is 152 Å². The van der Waals surface area contributed by atoms with Crippen LogP contribution in [0.15, 0.2) is 57.7 Å². The normalized spacial score (nSPS) is 10.7. The highest BCUT2D eigenvalue weighted by atomic mass is 16.4. The molecule has 3 rings (SSSR count). The largest absolute Gasteiger partial charge is 0.422 e. The number of rotatable bonds is 5. The van der Waals surface area contributed by atoms with Crippen molar-refractivity contribution in [2.75, 3.05) is 23.3 Å². The molecule has 0 atom stereocenters. The van der Waals surface area contributed by atoms with E-state index in [1.54, 1.807) is 12.1 Å². The lowest BCUT2D eigenvalue weighted by Crippen LogP contribution is -2.22. The number of hydrogen-bond acceptors (Lipinski definition) is 4. The molecule has 0 unspecified atom stereocenters. The van der Waals surface area contributed by atoms with E-state index in [9.17, 15) is 9.59 Å². The highest BCUT2D eigenvalue weighted by Gasteiger charge is 2.15. The van der Waals surface area contributed by atoms with Crippen LogP contribution in [0.25, 0.3) is 11.0 Å². The monoisotopic (exact) mass is 350 g/mol. The average molecular weight is 350 g/mol. The van der Waals surface area contributed by atoms with E-state index in [2.05, 4.69) is 24.1 Å². The van der Waals surface area contributed by atoms with Crippen LogP contribution in [0.4, 0.5) is 11.4 Å². The fraction of sp³-hybridized carbons (Fsp3) is 0.238. The third kappa shape index (κ3) is 3.61. The third-order valence-electron chi connectivity index (χ3n) is 4.37. The van der Waals surface area contributed by atoms with Gasteiger partial charge in [-0.25, -0.2) is 4.79 Å². The second-order valence-corrected chi connectivity index (χ2v) is 6.17. The molecule has 2 aromatic carbocycles. The Morgan fingerprint density at radius 1 is 1.08 bits per heavy atom. The maximum Gasteiger partial charge on any atom is 0.349 e. The van der Waals surface area contributed by atoms with Gasteiger partial charge in [-0.2, -0.15) is 0 Å². The number of benzene rings is 2. The summed E-state index contributed by atoms with van der Waals surface area (Å²) in [5.41, 5.74) is 2.49. The van der Waals surface area contributed by atoms with Gasteiger partial charge in [0.25, 0.3) is 5.91 Å². The van der Waals surface area contributed by atoms with Gasteiger partial charge in [0.2, 0.25) is 0 Å². The first-order valence-electron chi connectivity index (χ1n) is 8.72. The van der Waals surface area contributed by atoms with Gasteiger partial charge in [0.1, 0.15) is 11.1 Å². The summed E-state index contributed by atoms with van der Waals surface area (Å²) in [6.45, 7) is 7.81. The van der Waals surface area contributed by atoms with Crippen LogP contribution in [0.1, 0.15) is 29.8 Å². The number of nitrogens with zero attached hydrogens (tertiary/aromatic N) is 1. The molecule has 0 bridgehead atoms. The summed E-state index contributed by atoms with van der Waals surface area (Å²) in [6, 6.07) is 14.7. The van der Waals surface area contributed by atoms with Crippen molar-refractivity contribution in [2.45, 2.75) is 20.8 Å². The number of aryl methyl sites for hydroxylation is 1. The first-order chi connectivity index (χ1) is 12.5. The van der Waals surface area contributed by atoms with Crippen molar-refractivity contribution in [3.05, 3.63) is 70.1 Å². The third-order valence-corrected chi connectivity index (χ3v) is 4.37. The van der Waals surface area contributed by atoms with Crippen LogP contribution in [0, 0.1) is 6.92 Å². The molecule has 0 fully saturated rings. The van der Waals surface area contributed by atoms with E-state index in [0.717, 1.165) is 29.7 Å². The molecule has 5 nitrogen and oxygen atoms in total. The molecule has 134 valence electrons. The predicted molar refractivity (Wildman–Crippen MR) is 105 cm³/mol. The number of nitrogens with one attached hydrogen (secondary N) is 1. The molecule has 1 heterocycles. The maximum atomic E-state index is 12.5. The predicted octanol–water partition coefficient (Wildman–Crippen LogP) is 4.20. The Bertz CT molecular complexity index is 1000. The van der Waals surface area contributed by atoms with Crippen molar-refractivity contribution in [3.8, 4) is 0 Å². The number of carbonyl (C=O) groups excluding carboxylic acids is 1. The lowest BCUT2D eigenvalue weighted by Gasteiger charge is -2.21. The van der Waals surface area contributed by atoms with Gasteiger partial charge >= 0.3 is 5.63 Å². The highest BCUT2D eigenvalue weighted by molar-refractivity contribution is 6.05. The van der Waals surface area contributed by atoms with Crippen molar-refractivity contribution < 1.29 is 9.21 Å². The number of fused-ring (bicyclic) bond motifs is 1. The highest BCUT2D eigenvalue weighted by Crippen LogP contribution is 2.22. The molecule has 0 saturated carbocycles. The zero-order chi connectivity index (χ0) is 18.7. The van der Waals surface area contributed by atoms with E-state index in [1.165, 1.54) is 0 Å². The average Bonchev–Trinajstić information content (AvgIpc) is 2.62. The second-order valence-electron chi connectivity index (χ2n) is 6.17. The first-order valence-corrected chi connectivity index (χ1v) is 8.72. The molecule has 0 radical (unpaired) electrons. The van der Waals surface area contributed by atoms with Gasteiger partial charge < -0.3 is 14.6 Å². The molecule has 0 aliphatic rings. The van der Waals surface area contributed by atoms with Gasteiger partial charge in [-0.1, -0.05) is 12.1 Å². The van der Waals surface area contributed by atoms with Crippen LogP contribution in [0.3, 0.4) is 0 Å². The SMILES string of the molecule is CCN(CC)c1ccc2cc(C(=O)Nc3cccc(C)c3)c(=O)oc2c1. The minimum absolute atomic E-state index is 0.00500. The molecular weight excluding hydrogens is 328 g/mol. The van der Waals surface area contributed by atoms with Gasteiger partial charge in [0, 0.05) is 35.9 Å². The maximum absolute atomic E-state index is 12.5. The lowest BCUT2D eigenvalue weighted by molar-refractivity contribution is 0.102. The Morgan fingerprint density at radius 2 is 1.85 bits per heavy atom. The molecule has 1 N–H and O–H groups in total. The number of carbonyl (C=O) groups is 1. The van der Waals surface area contributed by atoms with Crippen LogP contribution in [-0.4, -0.2) is 19.0 Å². The molecule has 0 saturated heterocycles. The van der Waals surface area contributed by atoms with Crippen LogP contribution < -0.4 is 15.8 Å². The van der Waals surface area contributed by atoms with E-state index >= 15 is 0 Å². The fourth-order valence-corrected chi connectivity index (χ4v) is 2.96. The summed E-state index contributed by atoms with van der Waals surface area (Å²) in [7, 11) is 0. The van der Waals surface area contributed by atoms with Crippen LogP contribution in [-0.2, 0) is 0 Å². The van der Waals surface area contributed by atoms with Crippen LogP contribution in [0.2, 0.25) is 0 Å². The summed E-state index contributed by atoms with van der Waals surface area (Å²) in [5, 5.41) is 3.46. The summed E-state index contributed by atoms with van der Waals surface area (Å²) < 4.78 is 5.41. The molecule has 5 heteroatoms. The zero-order valence-corrected chi connectivity index (χ0v) is 15.2. The summed E-state index contributed by atoms with van der Waals surface area (Å²) in [5.74, 6) is -0.473. The Hall–Kier alpha value is -3.08. The minimum Gasteiger partial charge on any atom is -0.422 e. The standard InChI is InChI=1S/C21H22N2O3/c1-4-23(5-2)17-10-9-15-12-18(21(25)26-19(15)13-17)20(24)22-16-8-6-7-14(3)11-16/h6-13H,4-5H2,1-3H3,(H,22,24). The van der Waals surface area contributed by atoms with Gasteiger partial charge in [0.05, 0.1) is 0 Å². The minimum atomic E-state index is -0.639. The van der Waals surface area contributed by atoms with Crippen molar-refractivity contribution in [2.24, 2.45) is 0 Å². The lowest BCUT2D eigenvalue weighted by atomic mass is 10.1. The smallest absolute Gasteiger partial charge is 0.349 e. The summed E-state index contributed by atoms with van der Waals surface area (Å²) >= 11 is 0. The number of amides is 1. The van der Waals surface area contributed by atoms with Crippen LogP contribution in [0.5, 0.6) is 0 Å². The van der Waals surface area contributed by atoms with E-state index in [-0.39, 0.29) is 5.56 Å². The van der Waals surface area contributed by atoms with Crippen molar-refractivity contribution >= 4 is 28.3 Å². The topological polar surface area (TPSA) is 62.6 Å². The van der Waals surface area contributed by atoms with Gasteiger partial charge in [-0.05, 0) is 56.7 Å². The van der Waals surface area contributed by atoms with Gasteiger partial charge in [-0.3, -0.25) is 4.79 Å². The number of hydrogen-bond donors (Lipinski definition) is 1. The molecule has 0 aliphatic heterocycles. The molecule has 1 aromatic heterocycles. The Balaban J connectivity index is 1.94. The van der Waals surface area contributed by atoms with E-state index < -0.39 is 11.5 Å². The Morgan fingerprint density at radius 3 is 2.54 bits per heavy atom. The van der Waals surface area contributed by atoms with Crippen molar-refractivity contribution in [1.29, 1.82) is 0 Å². The molecule has 0 aliphatic carbocycles. The molecule has 0 spiro atoms. The zero-order valence-electron chi connectivity index (χ0n) is 15.2. The molecule has 3 aromatic rings. The van der Waals surface area contributed by atoms with E-state index in [1.807, 2.05) is 43.3 Å². The molecule has 26 heavy (non-hydrogen) atoms. The fourth-order valence-electron chi connectivity index (χ4n) is 2.96. The van der Waals surface area contributed by atoms with E-state index in [0.29, 0.717) is 11.3 Å². The molecule has 1 amide bonds. The summed E-state index contributed by atoms with van der Waals surface area (Å²) in [6.07, 6.45) is 0. The Kier molecular flexibility index (Phi) is 5.07. The second kappa shape index (κ2) is 7.44. The van der Waals surface area contributed by atoms with Crippen molar-refractivity contribution in [1.82, 2.24) is 0 Å². The number of anilines is 2. The van der Waals surface area contributed by atoms with Crippen LogP contribution >= 0.6 is 0 Å². The first kappa shape index (κ1) is 17.7. The quantitative estimate of drug-likeness (QED) is 0.701. The summed E-state index contributed by atoms with van der Waals surface area (Å²) in [4.78, 5) is 27.0. The van der Waals surface area contributed by atoms with E-state index in [4.69, 9.17) is 4.42 Å². The van der Waals surface area contributed by atoms with Gasteiger partial charge in [0.15, 0.2) is 0 Å².